The van der Waals surface area contributed by atoms with Crippen LogP contribution in [0.1, 0.15) is 79.1 Å². The van der Waals surface area contributed by atoms with Gasteiger partial charge in [-0.15, -0.1) is 0 Å². The van der Waals surface area contributed by atoms with E-state index in [0.29, 0.717) is 17.3 Å². The Morgan fingerprint density at radius 1 is 1.11 bits per heavy atom. The van der Waals surface area contributed by atoms with Gasteiger partial charge in [0.2, 0.25) is 0 Å². The van der Waals surface area contributed by atoms with Crippen LogP contribution in [0.25, 0.3) is 0 Å². The molecule has 0 unspecified atom stereocenters. The Hall–Kier alpha value is -0.830. The molecule has 7 atom stereocenters. The average molecular weight is 375 g/mol. The van der Waals surface area contributed by atoms with Crippen LogP contribution in [0.5, 0.6) is 0 Å². The number of aliphatic hydroxyl groups is 1. The lowest BCUT2D eigenvalue weighted by molar-refractivity contribution is -0.149. The molecule has 0 aromatic carbocycles. The van der Waals surface area contributed by atoms with Crippen LogP contribution in [0.4, 0.5) is 0 Å². The van der Waals surface area contributed by atoms with Crippen molar-refractivity contribution in [3.05, 3.63) is 11.6 Å². The molecule has 27 heavy (non-hydrogen) atoms. The third-order valence-corrected chi connectivity index (χ3v) is 9.77. The fourth-order valence-corrected chi connectivity index (χ4v) is 7.75. The van der Waals surface area contributed by atoms with Crippen LogP contribution in [0.3, 0.4) is 0 Å². The largest absolute Gasteiger partial charge is 0.468 e. The predicted molar refractivity (Wildman–Crippen MR) is 107 cm³/mol. The quantitative estimate of drug-likeness (QED) is 0.539. The molecule has 0 heterocycles. The molecule has 0 saturated heterocycles. The number of allylic oxidation sites excluding steroid dienone is 1. The van der Waals surface area contributed by atoms with Crippen LogP contribution < -0.4 is 0 Å². The molecule has 3 fully saturated rings. The van der Waals surface area contributed by atoms with E-state index in [1.807, 2.05) is 13.8 Å². The first-order valence-electron chi connectivity index (χ1n) is 11.1. The Morgan fingerprint density at radius 3 is 2.52 bits per heavy atom. The molecule has 0 aromatic heterocycles. The summed E-state index contributed by atoms with van der Waals surface area (Å²) in [6.07, 6.45) is 11.7. The normalized spacial score (nSPS) is 46.7. The smallest absolute Gasteiger partial charge is 0.315 e. The van der Waals surface area contributed by atoms with Crippen molar-refractivity contribution < 1.29 is 14.6 Å². The van der Waals surface area contributed by atoms with Crippen molar-refractivity contribution >= 4 is 5.97 Å². The van der Waals surface area contributed by atoms with Gasteiger partial charge in [0.05, 0.1) is 18.6 Å². The number of methoxy groups -OCH3 is 1. The van der Waals surface area contributed by atoms with Gasteiger partial charge in [-0.2, -0.15) is 0 Å². The van der Waals surface area contributed by atoms with E-state index in [-0.39, 0.29) is 17.5 Å². The minimum absolute atomic E-state index is 0.0901. The van der Waals surface area contributed by atoms with Gasteiger partial charge in [-0.05, 0) is 99.7 Å². The summed E-state index contributed by atoms with van der Waals surface area (Å²) in [6.45, 7) is 8.93. The standard InChI is InChI=1S/C24H38O3/c1-22(2,21(26)27-5)15-10-12-23(3)16(14-15)6-7-17-18-8-9-20(25)24(18,4)13-11-19(17)23/h10,16-20,25H,6-9,11-14H2,1-5H3/t16-,17-,18-,19-,20-,23-,24-/m0/s1. The van der Waals surface area contributed by atoms with Gasteiger partial charge in [-0.1, -0.05) is 25.5 Å². The fraction of sp³-hybridized carbons (Fsp3) is 0.875. The monoisotopic (exact) mass is 374 g/mol. The number of carbonyl (C=O) groups is 1. The van der Waals surface area contributed by atoms with E-state index in [0.717, 1.165) is 31.1 Å². The van der Waals surface area contributed by atoms with Crippen LogP contribution in [0, 0.1) is 39.9 Å². The fourth-order valence-electron chi connectivity index (χ4n) is 7.75. The Kier molecular flexibility index (Phi) is 4.57. The highest BCUT2D eigenvalue weighted by atomic mass is 16.5. The third kappa shape index (κ3) is 2.67. The Morgan fingerprint density at radius 2 is 1.81 bits per heavy atom. The first-order chi connectivity index (χ1) is 12.6. The first-order valence-corrected chi connectivity index (χ1v) is 11.1. The number of aliphatic hydroxyl groups excluding tert-OH is 1. The van der Waals surface area contributed by atoms with Gasteiger partial charge in [0.25, 0.3) is 0 Å². The van der Waals surface area contributed by atoms with Gasteiger partial charge in [-0.25, -0.2) is 0 Å². The van der Waals surface area contributed by atoms with Crippen molar-refractivity contribution in [3.8, 4) is 0 Å². The number of carbonyl (C=O) groups excluding carboxylic acids is 1. The Bertz CT molecular complexity index is 650. The summed E-state index contributed by atoms with van der Waals surface area (Å²) in [5, 5.41) is 10.6. The zero-order valence-corrected chi connectivity index (χ0v) is 17.9. The summed E-state index contributed by atoms with van der Waals surface area (Å²) in [7, 11) is 1.50. The second-order valence-electron chi connectivity index (χ2n) is 11.0. The van der Waals surface area contributed by atoms with Crippen LogP contribution in [-0.4, -0.2) is 24.3 Å². The number of rotatable bonds is 2. The summed E-state index contributed by atoms with van der Waals surface area (Å²) in [6, 6.07) is 0. The SMILES string of the molecule is COC(=O)C(C)(C)C1=CC[C@@]2(C)[C@@H](CC[C@@H]3[C@@H]2CC[C@]2(C)[C@@H](O)CC[C@@H]32)C1. The minimum atomic E-state index is -0.506. The van der Waals surface area contributed by atoms with E-state index in [1.165, 1.54) is 44.8 Å². The van der Waals surface area contributed by atoms with E-state index >= 15 is 0 Å². The maximum absolute atomic E-state index is 12.3. The topological polar surface area (TPSA) is 46.5 Å². The maximum atomic E-state index is 12.3. The van der Waals surface area contributed by atoms with Crippen LogP contribution >= 0.6 is 0 Å². The first kappa shape index (κ1) is 19.5. The zero-order valence-electron chi connectivity index (χ0n) is 17.9. The Labute approximate surface area is 164 Å². The molecule has 1 N–H and O–H groups in total. The highest BCUT2D eigenvalue weighted by molar-refractivity contribution is 5.79. The van der Waals surface area contributed by atoms with Crippen molar-refractivity contribution in [2.24, 2.45) is 39.9 Å². The third-order valence-electron chi connectivity index (χ3n) is 9.77. The molecule has 0 spiro atoms. The second kappa shape index (κ2) is 6.34. The predicted octanol–water partition coefficient (Wildman–Crippen LogP) is 5.13. The molecular weight excluding hydrogens is 336 g/mol. The molecule has 4 aliphatic carbocycles. The lowest BCUT2D eigenvalue weighted by Crippen LogP contribution is -2.53. The summed E-state index contributed by atoms with van der Waals surface area (Å²) in [5.74, 6) is 2.84. The number of ether oxygens (including phenoxy) is 1. The maximum Gasteiger partial charge on any atom is 0.315 e. The van der Waals surface area contributed by atoms with E-state index in [4.69, 9.17) is 4.74 Å². The van der Waals surface area contributed by atoms with Gasteiger partial charge in [-0.3, -0.25) is 4.79 Å². The van der Waals surface area contributed by atoms with Gasteiger partial charge < -0.3 is 9.84 Å². The van der Waals surface area contributed by atoms with Crippen LogP contribution in [0.15, 0.2) is 11.6 Å². The summed E-state index contributed by atoms with van der Waals surface area (Å²) < 4.78 is 5.08. The number of hydrogen-bond donors (Lipinski definition) is 1. The van der Waals surface area contributed by atoms with E-state index in [2.05, 4.69) is 19.9 Å². The Balaban J connectivity index is 1.59. The molecule has 3 saturated carbocycles. The summed E-state index contributed by atoms with van der Waals surface area (Å²) in [5.41, 5.74) is 1.29. The van der Waals surface area contributed by atoms with Gasteiger partial charge in [0, 0.05) is 0 Å². The number of fused-ring (bicyclic) bond motifs is 5. The lowest BCUT2D eigenvalue weighted by Gasteiger charge is -2.60. The van der Waals surface area contributed by atoms with Crippen molar-refractivity contribution in [2.75, 3.05) is 7.11 Å². The molecule has 4 aliphatic rings. The summed E-state index contributed by atoms with van der Waals surface area (Å²) in [4.78, 5) is 12.3. The second-order valence-corrected chi connectivity index (χ2v) is 11.0. The molecule has 3 heteroatoms. The number of esters is 1. The van der Waals surface area contributed by atoms with Crippen LogP contribution in [-0.2, 0) is 9.53 Å². The van der Waals surface area contributed by atoms with E-state index in [1.54, 1.807) is 0 Å². The molecule has 0 aromatic rings. The minimum Gasteiger partial charge on any atom is -0.468 e. The highest BCUT2D eigenvalue weighted by Crippen LogP contribution is 2.66. The molecule has 0 radical (unpaired) electrons. The van der Waals surface area contributed by atoms with Crippen molar-refractivity contribution in [1.29, 1.82) is 0 Å². The molecule has 0 amide bonds. The van der Waals surface area contributed by atoms with Gasteiger partial charge in [0.1, 0.15) is 0 Å². The van der Waals surface area contributed by atoms with Crippen molar-refractivity contribution in [1.82, 2.24) is 0 Å². The average Bonchev–Trinajstić information content (AvgIpc) is 2.95. The molecule has 4 rings (SSSR count). The summed E-state index contributed by atoms with van der Waals surface area (Å²) >= 11 is 0. The molecule has 0 aliphatic heterocycles. The van der Waals surface area contributed by atoms with Gasteiger partial charge >= 0.3 is 5.97 Å². The lowest BCUT2D eigenvalue weighted by atomic mass is 9.45. The molecular formula is C24H38O3. The van der Waals surface area contributed by atoms with E-state index < -0.39 is 5.41 Å². The van der Waals surface area contributed by atoms with Crippen LogP contribution in [0.2, 0.25) is 0 Å². The zero-order chi connectivity index (χ0) is 19.6. The van der Waals surface area contributed by atoms with Crippen molar-refractivity contribution in [2.45, 2.75) is 85.2 Å². The molecule has 0 bridgehead atoms. The highest BCUT2D eigenvalue weighted by Gasteiger charge is 2.59. The molecule has 152 valence electrons. The van der Waals surface area contributed by atoms with Gasteiger partial charge in [0.15, 0.2) is 0 Å². The number of hydrogen-bond acceptors (Lipinski definition) is 3. The van der Waals surface area contributed by atoms with E-state index in [9.17, 15) is 9.90 Å². The molecule has 3 nitrogen and oxygen atoms in total. The van der Waals surface area contributed by atoms with Crippen molar-refractivity contribution in [3.63, 3.8) is 0 Å².